The maximum atomic E-state index is 12.5. The fourth-order valence-corrected chi connectivity index (χ4v) is 4.74. The third-order valence-corrected chi connectivity index (χ3v) is 6.72. The van der Waals surface area contributed by atoms with Crippen molar-refractivity contribution in [2.24, 2.45) is 5.10 Å². The number of hydrogen-bond donors (Lipinski definition) is 2. The van der Waals surface area contributed by atoms with E-state index in [0.717, 1.165) is 21.6 Å². The van der Waals surface area contributed by atoms with Crippen LogP contribution in [-0.2, 0) is 24.4 Å². The van der Waals surface area contributed by atoms with Crippen molar-refractivity contribution in [1.82, 2.24) is 15.1 Å². The van der Waals surface area contributed by atoms with E-state index in [1.165, 1.54) is 12.1 Å². The van der Waals surface area contributed by atoms with Crippen molar-refractivity contribution in [3.8, 4) is 0 Å². The molecular formula is C19H14N4O5S2. The third kappa shape index (κ3) is 3.60. The van der Waals surface area contributed by atoms with Crippen LogP contribution >= 0.6 is 11.3 Å². The fourth-order valence-electron chi connectivity index (χ4n) is 2.85. The van der Waals surface area contributed by atoms with Crippen molar-refractivity contribution in [3.05, 3.63) is 59.1 Å². The molecular weight excluding hydrogens is 428 g/mol. The molecule has 4 rings (SSSR count). The first-order valence-electron chi connectivity index (χ1n) is 8.67. The second-order valence-electron chi connectivity index (χ2n) is 6.51. The lowest BCUT2D eigenvalue weighted by Crippen LogP contribution is -2.52. The zero-order chi connectivity index (χ0) is 21.5. The number of ketones is 1. The number of nitrogens with one attached hydrogen (secondary N) is 2. The number of Topliss-reactive ketones (excluding diaryl/α,β-unsaturated/α-hetero) is 1. The highest BCUT2D eigenvalue weighted by atomic mass is 32.2. The highest BCUT2D eigenvalue weighted by molar-refractivity contribution is 7.89. The van der Waals surface area contributed by atoms with Crippen molar-refractivity contribution in [2.45, 2.75) is 17.7 Å². The Morgan fingerprint density at radius 1 is 1.03 bits per heavy atom. The normalized spacial score (nSPS) is 18.6. The van der Waals surface area contributed by atoms with Crippen molar-refractivity contribution >= 4 is 54.9 Å². The van der Waals surface area contributed by atoms with Crippen molar-refractivity contribution in [3.63, 3.8) is 0 Å². The second kappa shape index (κ2) is 7.43. The Balaban J connectivity index is 1.74. The van der Waals surface area contributed by atoms with Crippen molar-refractivity contribution in [1.29, 1.82) is 0 Å². The Labute approximate surface area is 174 Å². The van der Waals surface area contributed by atoms with Crippen LogP contribution in [0, 0.1) is 6.92 Å². The van der Waals surface area contributed by atoms with E-state index in [0.29, 0.717) is 5.52 Å². The maximum Gasteiger partial charge on any atom is 0.295 e. The molecule has 1 aromatic heterocycles. The van der Waals surface area contributed by atoms with Gasteiger partial charge in [-0.1, -0.05) is 29.8 Å². The van der Waals surface area contributed by atoms with E-state index in [9.17, 15) is 22.8 Å². The highest BCUT2D eigenvalue weighted by Gasteiger charge is 2.43. The predicted octanol–water partition coefficient (Wildman–Crippen LogP) is 1.25. The fraction of sp³-hybridized carbons (Fsp3) is 0.105. The number of imide groups is 1. The summed E-state index contributed by atoms with van der Waals surface area (Å²) in [5, 5.41) is 5.77. The van der Waals surface area contributed by atoms with Gasteiger partial charge in [-0.05, 0) is 31.2 Å². The summed E-state index contributed by atoms with van der Waals surface area (Å²) in [5.74, 6) is -4.40. The molecule has 0 aliphatic carbocycles. The van der Waals surface area contributed by atoms with Crippen LogP contribution in [-0.4, -0.2) is 36.7 Å². The van der Waals surface area contributed by atoms with E-state index in [2.05, 4.69) is 10.1 Å². The van der Waals surface area contributed by atoms with Crippen LogP contribution in [0.15, 0.2) is 58.5 Å². The highest BCUT2D eigenvalue weighted by Crippen LogP contribution is 2.30. The van der Waals surface area contributed by atoms with E-state index in [1.807, 2.05) is 17.1 Å². The van der Waals surface area contributed by atoms with Gasteiger partial charge < -0.3 is 0 Å². The molecule has 0 radical (unpaired) electrons. The summed E-state index contributed by atoms with van der Waals surface area (Å²) in [6.07, 6.45) is 0. The van der Waals surface area contributed by atoms with Gasteiger partial charge in [-0.2, -0.15) is 18.4 Å². The van der Waals surface area contributed by atoms with Gasteiger partial charge in [0.25, 0.3) is 21.8 Å². The summed E-state index contributed by atoms with van der Waals surface area (Å²) in [4.78, 5) is 43.1. The SMILES string of the molecule is Cc1ccc(S(=O)(=O)N/N=C2\C(=O)NC(=O)C(=O)[C@@H]2c2nc3ccccc3s2)cc1. The standard InChI is InChI=1S/C19H14N4O5S2/c1-10-6-8-11(9-7-10)30(27,28)23-22-15-14(16(24)18(26)21-17(15)25)19-20-12-4-2-3-5-13(12)29-19/h2-9,14,23H,1H3,(H,21,25,26)/b22-15-/t14-/m1/s1. The molecule has 11 heteroatoms. The van der Waals surface area contributed by atoms with Crippen molar-refractivity contribution < 1.29 is 22.8 Å². The van der Waals surface area contributed by atoms with E-state index in [1.54, 1.807) is 36.4 Å². The van der Waals surface area contributed by atoms with Gasteiger partial charge in [-0.15, -0.1) is 11.3 Å². The number of nitrogens with zero attached hydrogens (tertiary/aromatic N) is 2. The summed E-state index contributed by atoms with van der Waals surface area (Å²) >= 11 is 1.12. The van der Waals surface area contributed by atoms with E-state index in [4.69, 9.17) is 0 Å². The number of hydrazone groups is 1. The first-order chi connectivity index (χ1) is 14.3. The molecule has 2 N–H and O–H groups in total. The summed E-state index contributed by atoms with van der Waals surface area (Å²) < 4.78 is 25.8. The number of sulfonamides is 1. The average molecular weight is 442 g/mol. The first kappa shape index (κ1) is 19.9. The topological polar surface area (TPSA) is 135 Å². The van der Waals surface area contributed by atoms with E-state index >= 15 is 0 Å². The van der Waals surface area contributed by atoms with Crippen molar-refractivity contribution in [2.75, 3.05) is 0 Å². The van der Waals surface area contributed by atoms with Gasteiger partial charge >= 0.3 is 0 Å². The smallest absolute Gasteiger partial charge is 0.287 e. The average Bonchev–Trinajstić information content (AvgIpc) is 3.13. The van der Waals surface area contributed by atoms with Crippen LogP contribution < -0.4 is 10.1 Å². The number of carbonyl (C=O) groups excluding carboxylic acids is 3. The molecule has 0 bridgehead atoms. The Kier molecular flexibility index (Phi) is 4.92. The molecule has 1 aliphatic heterocycles. The molecule has 1 fully saturated rings. The molecule has 2 heterocycles. The monoisotopic (exact) mass is 442 g/mol. The Morgan fingerprint density at radius 3 is 2.43 bits per heavy atom. The number of hydrogen-bond acceptors (Lipinski definition) is 8. The molecule has 152 valence electrons. The number of piperidine rings is 1. The molecule has 9 nitrogen and oxygen atoms in total. The first-order valence-corrected chi connectivity index (χ1v) is 11.0. The number of aromatic nitrogens is 1. The molecule has 30 heavy (non-hydrogen) atoms. The molecule has 1 atom stereocenters. The zero-order valence-corrected chi connectivity index (χ0v) is 17.1. The van der Waals surface area contributed by atoms with Gasteiger partial charge in [0, 0.05) is 0 Å². The van der Waals surface area contributed by atoms with E-state index < -0.39 is 39.3 Å². The number of para-hydroxylation sites is 1. The number of fused-ring (bicyclic) bond motifs is 1. The van der Waals surface area contributed by atoms with E-state index in [-0.39, 0.29) is 9.90 Å². The quantitative estimate of drug-likeness (QED) is 0.355. The minimum Gasteiger partial charge on any atom is -0.287 e. The second-order valence-corrected chi connectivity index (χ2v) is 9.23. The zero-order valence-electron chi connectivity index (χ0n) is 15.4. The lowest BCUT2D eigenvalue weighted by atomic mass is 9.94. The molecule has 1 saturated heterocycles. The number of aryl methyl sites for hydroxylation is 1. The van der Waals surface area contributed by atoms with Crippen LogP contribution in [0.5, 0.6) is 0 Å². The van der Waals surface area contributed by atoms with Crippen LogP contribution in [0.2, 0.25) is 0 Å². The van der Waals surface area contributed by atoms with Gasteiger partial charge in [0.2, 0.25) is 5.78 Å². The molecule has 0 unspecified atom stereocenters. The molecule has 0 spiro atoms. The predicted molar refractivity (Wildman–Crippen MR) is 109 cm³/mol. The molecule has 1 aliphatic rings. The molecule has 0 saturated carbocycles. The van der Waals surface area contributed by atoms with Crippen LogP contribution in [0.25, 0.3) is 10.2 Å². The summed E-state index contributed by atoms with van der Waals surface area (Å²) in [5.41, 5.74) is 1.00. The lowest BCUT2D eigenvalue weighted by Gasteiger charge is -2.19. The number of carbonyl (C=O) groups is 3. The minimum absolute atomic E-state index is 0.0624. The largest absolute Gasteiger partial charge is 0.295 e. The Morgan fingerprint density at radius 2 is 1.73 bits per heavy atom. The minimum atomic E-state index is -4.09. The summed E-state index contributed by atoms with van der Waals surface area (Å²) in [6.45, 7) is 1.81. The summed E-state index contributed by atoms with van der Waals surface area (Å²) in [6, 6.07) is 13.1. The summed E-state index contributed by atoms with van der Waals surface area (Å²) in [7, 11) is -4.09. The number of benzene rings is 2. The molecule has 2 amide bonds. The number of rotatable bonds is 4. The molecule has 3 aromatic rings. The Bertz CT molecular complexity index is 1290. The third-order valence-electron chi connectivity index (χ3n) is 4.39. The van der Waals surface area contributed by atoms with Crippen LogP contribution in [0.3, 0.4) is 0 Å². The van der Waals surface area contributed by atoms with Gasteiger partial charge in [0.15, 0.2) is 0 Å². The van der Waals surface area contributed by atoms with Gasteiger partial charge in [0.05, 0.1) is 15.1 Å². The maximum absolute atomic E-state index is 12.5. The molecule has 2 aromatic carbocycles. The lowest BCUT2D eigenvalue weighted by molar-refractivity contribution is -0.141. The van der Waals surface area contributed by atoms with Gasteiger partial charge in [-0.25, -0.2) is 4.98 Å². The van der Waals surface area contributed by atoms with Crippen LogP contribution in [0.4, 0.5) is 0 Å². The number of thiazole rings is 1. The van der Waals surface area contributed by atoms with Crippen LogP contribution in [0.1, 0.15) is 16.5 Å². The Hall–Kier alpha value is -3.44. The number of amides is 2. The van der Waals surface area contributed by atoms with Gasteiger partial charge in [0.1, 0.15) is 16.6 Å². The van der Waals surface area contributed by atoms with Gasteiger partial charge in [-0.3, -0.25) is 19.7 Å².